The van der Waals surface area contributed by atoms with Crippen LogP contribution in [0.5, 0.6) is 11.5 Å². The quantitative estimate of drug-likeness (QED) is 0.568. The second kappa shape index (κ2) is 8.55. The Labute approximate surface area is 187 Å². The van der Waals surface area contributed by atoms with Crippen LogP contribution in [-0.4, -0.2) is 33.1 Å². The number of hydrogen-bond donors (Lipinski definition) is 2. The Bertz CT molecular complexity index is 1290. The monoisotopic (exact) mass is 452 g/mol. The number of aryl methyl sites for hydroxylation is 2. The fourth-order valence-corrected chi connectivity index (χ4v) is 5.55. The smallest absolute Gasteiger partial charge is 0.268 e. The first-order valence-corrected chi connectivity index (χ1v) is 11.6. The average molecular weight is 453 g/mol. The van der Waals surface area contributed by atoms with Gasteiger partial charge in [-0.3, -0.25) is 9.10 Å². The van der Waals surface area contributed by atoms with Gasteiger partial charge in [0.1, 0.15) is 16.4 Å². The van der Waals surface area contributed by atoms with Gasteiger partial charge in [0.2, 0.25) is 0 Å². The van der Waals surface area contributed by atoms with Gasteiger partial charge in [0, 0.05) is 12.1 Å². The topological polar surface area (TPSA) is 95.9 Å². The van der Waals surface area contributed by atoms with Gasteiger partial charge in [0.15, 0.2) is 0 Å². The summed E-state index contributed by atoms with van der Waals surface area (Å²) in [5, 5.41) is 12.7. The van der Waals surface area contributed by atoms with Crippen molar-refractivity contribution in [2.24, 2.45) is 0 Å². The van der Waals surface area contributed by atoms with Crippen LogP contribution in [0.4, 0.5) is 11.4 Å². The number of phenolic OH excluding ortho intramolecular Hbond substituents is 1. The summed E-state index contributed by atoms with van der Waals surface area (Å²) in [6, 6.07) is 16.6. The molecule has 0 fully saturated rings. The number of hydrogen-bond acceptors (Lipinski definition) is 5. The lowest BCUT2D eigenvalue weighted by Gasteiger charge is -2.31. The minimum absolute atomic E-state index is 0.0652. The number of carbonyl (C=O) groups excluding carboxylic acids is 1. The van der Waals surface area contributed by atoms with Crippen molar-refractivity contribution >= 4 is 27.3 Å². The number of rotatable bonds is 5. The summed E-state index contributed by atoms with van der Waals surface area (Å²) in [5.41, 5.74) is 2.82. The van der Waals surface area contributed by atoms with Crippen LogP contribution in [0.25, 0.3) is 0 Å². The minimum Gasteiger partial charge on any atom is -0.506 e. The summed E-state index contributed by atoms with van der Waals surface area (Å²) in [7, 11) is -2.59. The summed E-state index contributed by atoms with van der Waals surface area (Å²) >= 11 is 0. The first kappa shape index (κ1) is 21.7. The van der Waals surface area contributed by atoms with Gasteiger partial charge in [0.25, 0.3) is 15.9 Å². The second-order valence-corrected chi connectivity index (χ2v) is 9.48. The molecule has 1 amide bonds. The molecule has 0 saturated heterocycles. The number of benzene rings is 3. The highest BCUT2D eigenvalue weighted by Gasteiger charge is 2.32. The Morgan fingerprint density at radius 3 is 2.62 bits per heavy atom. The van der Waals surface area contributed by atoms with Gasteiger partial charge in [-0.1, -0.05) is 24.3 Å². The molecule has 7 nitrogen and oxygen atoms in total. The Morgan fingerprint density at radius 2 is 1.88 bits per heavy atom. The molecule has 1 aliphatic rings. The lowest BCUT2D eigenvalue weighted by molar-refractivity contribution is 0.102. The Morgan fingerprint density at radius 1 is 1.09 bits per heavy atom. The van der Waals surface area contributed by atoms with Crippen molar-refractivity contribution in [1.82, 2.24) is 0 Å². The van der Waals surface area contributed by atoms with E-state index in [2.05, 4.69) is 5.32 Å². The van der Waals surface area contributed by atoms with Crippen LogP contribution < -0.4 is 14.4 Å². The molecule has 0 aromatic heterocycles. The number of anilines is 2. The number of para-hydroxylation sites is 1. The number of methoxy groups -OCH3 is 1. The number of amides is 1. The number of ether oxygens (including phenoxy) is 1. The zero-order chi connectivity index (χ0) is 22.9. The average Bonchev–Trinajstić information content (AvgIpc) is 2.80. The molecule has 0 radical (unpaired) electrons. The number of phenols is 1. The number of nitrogens with zero attached hydrogens (tertiary/aromatic N) is 1. The highest BCUT2D eigenvalue weighted by atomic mass is 32.2. The number of sulfonamides is 1. The lowest BCUT2D eigenvalue weighted by Crippen LogP contribution is -2.35. The maximum absolute atomic E-state index is 13.6. The molecule has 0 unspecified atom stereocenters. The molecule has 0 spiro atoms. The molecular weight excluding hydrogens is 428 g/mol. The zero-order valence-electron chi connectivity index (χ0n) is 17.8. The van der Waals surface area contributed by atoms with Crippen molar-refractivity contribution in [2.75, 3.05) is 23.3 Å². The maximum atomic E-state index is 13.6. The van der Waals surface area contributed by atoms with E-state index in [0.717, 1.165) is 17.5 Å². The predicted molar refractivity (Wildman–Crippen MR) is 123 cm³/mol. The van der Waals surface area contributed by atoms with Gasteiger partial charge in [-0.2, -0.15) is 0 Å². The molecule has 0 aliphatic carbocycles. The van der Waals surface area contributed by atoms with Gasteiger partial charge in [-0.15, -0.1) is 0 Å². The molecule has 4 rings (SSSR count). The normalized spacial score (nSPS) is 13.4. The number of nitrogens with one attached hydrogen (secondary N) is 1. The van der Waals surface area contributed by atoms with Crippen molar-refractivity contribution in [3.8, 4) is 11.5 Å². The van der Waals surface area contributed by atoms with Crippen molar-refractivity contribution < 1.29 is 23.1 Å². The van der Waals surface area contributed by atoms with Gasteiger partial charge in [0.05, 0.1) is 18.5 Å². The molecule has 1 heterocycles. The van der Waals surface area contributed by atoms with Crippen LogP contribution in [0.1, 0.15) is 27.9 Å². The van der Waals surface area contributed by atoms with Crippen molar-refractivity contribution in [3.63, 3.8) is 0 Å². The van der Waals surface area contributed by atoms with Crippen LogP contribution in [0.2, 0.25) is 0 Å². The molecule has 0 saturated carbocycles. The van der Waals surface area contributed by atoms with E-state index in [1.165, 1.54) is 35.7 Å². The molecule has 3 aromatic rings. The fraction of sp³-hybridized carbons (Fsp3) is 0.208. The molecule has 2 N–H and O–H groups in total. The standard InChI is InChI=1S/C24H24N2O5S/c1-16-9-11-19(21(27)14-16)25-24(28)18-10-12-22(31-2)23(15-18)32(29,30)26-13-5-7-17-6-3-4-8-20(17)26/h3-4,6,8-12,14-15,27H,5,7,13H2,1-2H3,(H,25,28). The van der Waals surface area contributed by atoms with Gasteiger partial charge in [-0.05, 0) is 67.3 Å². The molecule has 3 aromatic carbocycles. The van der Waals surface area contributed by atoms with E-state index in [0.29, 0.717) is 18.7 Å². The molecule has 0 bridgehead atoms. The first-order valence-electron chi connectivity index (χ1n) is 10.2. The van der Waals surface area contributed by atoms with E-state index in [4.69, 9.17) is 4.74 Å². The summed E-state index contributed by atoms with van der Waals surface area (Å²) < 4.78 is 33.9. The minimum atomic E-state index is -3.98. The molecule has 32 heavy (non-hydrogen) atoms. The van der Waals surface area contributed by atoms with Crippen LogP contribution in [0.15, 0.2) is 65.6 Å². The van der Waals surface area contributed by atoms with Gasteiger partial charge in [-0.25, -0.2) is 8.42 Å². The Kier molecular flexibility index (Phi) is 5.80. The third-order valence-electron chi connectivity index (χ3n) is 5.46. The summed E-state index contributed by atoms with van der Waals surface area (Å²) in [6.07, 6.45) is 1.51. The Hall–Kier alpha value is -3.52. The van der Waals surface area contributed by atoms with E-state index < -0.39 is 15.9 Å². The van der Waals surface area contributed by atoms with E-state index in [-0.39, 0.29) is 27.6 Å². The predicted octanol–water partition coefficient (Wildman–Crippen LogP) is 4.10. The van der Waals surface area contributed by atoms with Crippen LogP contribution in [0.3, 0.4) is 0 Å². The lowest BCUT2D eigenvalue weighted by atomic mass is 10.0. The summed E-state index contributed by atoms with van der Waals surface area (Å²) in [6.45, 7) is 2.17. The fourth-order valence-electron chi connectivity index (χ4n) is 3.83. The van der Waals surface area contributed by atoms with E-state index in [9.17, 15) is 18.3 Å². The maximum Gasteiger partial charge on any atom is 0.268 e. The number of fused-ring (bicyclic) bond motifs is 1. The molecular formula is C24H24N2O5S. The van der Waals surface area contributed by atoms with E-state index in [1.807, 2.05) is 25.1 Å². The van der Waals surface area contributed by atoms with Crippen LogP contribution >= 0.6 is 0 Å². The third kappa shape index (κ3) is 4.01. The highest BCUT2D eigenvalue weighted by molar-refractivity contribution is 7.93. The zero-order valence-corrected chi connectivity index (χ0v) is 18.6. The number of carbonyl (C=O) groups is 1. The van der Waals surface area contributed by atoms with Crippen molar-refractivity contribution in [2.45, 2.75) is 24.7 Å². The van der Waals surface area contributed by atoms with Crippen molar-refractivity contribution in [1.29, 1.82) is 0 Å². The SMILES string of the molecule is COc1ccc(C(=O)Nc2ccc(C)cc2O)cc1S(=O)(=O)N1CCCc2ccccc21. The van der Waals surface area contributed by atoms with E-state index in [1.54, 1.807) is 18.2 Å². The van der Waals surface area contributed by atoms with Crippen LogP contribution in [-0.2, 0) is 16.4 Å². The third-order valence-corrected chi connectivity index (χ3v) is 7.30. The first-order chi connectivity index (χ1) is 15.3. The summed E-state index contributed by atoms with van der Waals surface area (Å²) in [5.74, 6) is -0.449. The largest absolute Gasteiger partial charge is 0.506 e. The molecule has 1 aliphatic heterocycles. The second-order valence-electron chi connectivity index (χ2n) is 7.65. The van der Waals surface area contributed by atoms with Crippen LogP contribution in [0, 0.1) is 6.92 Å². The van der Waals surface area contributed by atoms with Gasteiger partial charge >= 0.3 is 0 Å². The summed E-state index contributed by atoms with van der Waals surface area (Å²) in [4.78, 5) is 12.7. The molecule has 0 atom stereocenters. The molecule has 166 valence electrons. The Balaban J connectivity index is 1.72. The molecule has 8 heteroatoms. The van der Waals surface area contributed by atoms with E-state index >= 15 is 0 Å². The highest BCUT2D eigenvalue weighted by Crippen LogP contribution is 2.35. The van der Waals surface area contributed by atoms with Gasteiger partial charge < -0.3 is 15.2 Å². The van der Waals surface area contributed by atoms with Crippen molar-refractivity contribution in [3.05, 3.63) is 77.4 Å². The number of aromatic hydroxyl groups is 1.